The molecule has 0 bridgehead atoms. The Hall–Kier alpha value is -1.86. The summed E-state index contributed by atoms with van der Waals surface area (Å²) < 4.78 is 30.7. The van der Waals surface area contributed by atoms with Gasteiger partial charge in [-0.3, -0.25) is 0 Å². The normalized spacial score (nSPS) is 12.7. The van der Waals surface area contributed by atoms with Crippen LogP contribution in [0.3, 0.4) is 0 Å². The summed E-state index contributed by atoms with van der Waals surface area (Å²) in [5, 5.41) is 12.3. The predicted molar refractivity (Wildman–Crippen MR) is 53.7 cm³/mol. The highest BCUT2D eigenvalue weighted by Crippen LogP contribution is 2.20. The van der Waals surface area contributed by atoms with Gasteiger partial charge in [0, 0.05) is 11.6 Å². The van der Waals surface area contributed by atoms with Crippen molar-refractivity contribution in [3.8, 4) is 11.4 Å². The molecule has 7 heteroatoms. The third kappa shape index (κ3) is 2.45. The van der Waals surface area contributed by atoms with Crippen molar-refractivity contribution >= 4 is 0 Å². The Morgan fingerprint density at radius 3 is 2.53 bits per heavy atom. The molecular weight excluding hydrogens is 232 g/mol. The van der Waals surface area contributed by atoms with E-state index in [1.54, 1.807) is 0 Å². The van der Waals surface area contributed by atoms with Gasteiger partial charge >= 0.3 is 0 Å². The summed E-state index contributed by atoms with van der Waals surface area (Å²) in [6.07, 6.45) is 0. The van der Waals surface area contributed by atoms with Crippen LogP contribution in [0.1, 0.15) is 11.9 Å². The van der Waals surface area contributed by atoms with Crippen molar-refractivity contribution in [3.05, 3.63) is 35.7 Å². The van der Waals surface area contributed by atoms with E-state index in [1.165, 1.54) is 0 Å². The first-order chi connectivity index (χ1) is 8.10. The third-order valence-corrected chi connectivity index (χ3v) is 2.08. The summed E-state index contributed by atoms with van der Waals surface area (Å²) in [4.78, 5) is 3.84. The molecule has 0 saturated carbocycles. The molecule has 0 aliphatic rings. The maximum Gasteiger partial charge on any atom is 0.246 e. The Bertz CT molecular complexity index is 510. The number of nitrogens with two attached hydrogens (primary N) is 1. The lowest BCUT2D eigenvalue weighted by Gasteiger charge is -1.98. The Morgan fingerprint density at radius 1 is 1.29 bits per heavy atom. The van der Waals surface area contributed by atoms with E-state index in [0.29, 0.717) is 0 Å². The van der Waals surface area contributed by atoms with Crippen LogP contribution in [0, 0.1) is 11.6 Å². The first-order valence-corrected chi connectivity index (χ1v) is 4.76. The molecule has 0 aliphatic heterocycles. The summed E-state index contributed by atoms with van der Waals surface area (Å²) in [5.41, 5.74) is 5.59. The fourth-order valence-corrected chi connectivity index (χ4v) is 1.26. The minimum Gasteiger partial charge on any atom is -0.394 e. The van der Waals surface area contributed by atoms with E-state index in [2.05, 4.69) is 10.1 Å². The smallest absolute Gasteiger partial charge is 0.246 e. The highest BCUT2D eigenvalue weighted by Gasteiger charge is 2.15. The molecule has 0 saturated heterocycles. The number of nitrogens with zero attached hydrogens (tertiary/aromatic N) is 2. The highest BCUT2D eigenvalue weighted by atomic mass is 19.1. The van der Waals surface area contributed by atoms with E-state index < -0.39 is 17.7 Å². The lowest BCUT2D eigenvalue weighted by Crippen LogP contribution is -2.14. The Morgan fingerprint density at radius 2 is 1.94 bits per heavy atom. The van der Waals surface area contributed by atoms with Crippen LogP contribution in [-0.4, -0.2) is 21.9 Å². The van der Waals surface area contributed by atoms with E-state index >= 15 is 0 Å². The largest absolute Gasteiger partial charge is 0.394 e. The van der Waals surface area contributed by atoms with Gasteiger partial charge < -0.3 is 15.4 Å². The number of aliphatic hydroxyl groups excluding tert-OH is 1. The Kier molecular flexibility index (Phi) is 3.12. The maximum atomic E-state index is 13.0. The zero-order chi connectivity index (χ0) is 12.4. The zero-order valence-electron chi connectivity index (χ0n) is 8.60. The van der Waals surface area contributed by atoms with Crippen LogP contribution in [0.5, 0.6) is 0 Å². The Labute approximate surface area is 94.9 Å². The second-order valence-corrected chi connectivity index (χ2v) is 3.40. The van der Waals surface area contributed by atoms with Gasteiger partial charge in [-0.25, -0.2) is 8.78 Å². The van der Waals surface area contributed by atoms with Crippen LogP contribution in [0.2, 0.25) is 0 Å². The first kappa shape index (κ1) is 11.6. The number of hydrogen-bond donors (Lipinski definition) is 2. The monoisotopic (exact) mass is 241 g/mol. The van der Waals surface area contributed by atoms with Gasteiger partial charge in [0.2, 0.25) is 11.7 Å². The van der Waals surface area contributed by atoms with E-state index in [1.807, 2.05) is 0 Å². The van der Waals surface area contributed by atoms with Crippen LogP contribution >= 0.6 is 0 Å². The lowest BCUT2D eigenvalue weighted by molar-refractivity contribution is 0.237. The summed E-state index contributed by atoms with van der Waals surface area (Å²) in [6, 6.07) is 2.07. The average molecular weight is 241 g/mol. The molecule has 3 N–H and O–H groups in total. The molecule has 1 aromatic carbocycles. The van der Waals surface area contributed by atoms with Crippen LogP contribution < -0.4 is 5.73 Å². The molecule has 90 valence electrons. The molecule has 2 aromatic rings. The summed E-state index contributed by atoms with van der Waals surface area (Å²) >= 11 is 0. The molecule has 0 amide bonds. The van der Waals surface area contributed by atoms with Crippen molar-refractivity contribution < 1.29 is 18.4 Å². The van der Waals surface area contributed by atoms with Gasteiger partial charge in [-0.15, -0.1) is 0 Å². The van der Waals surface area contributed by atoms with Crippen LogP contribution in [0.4, 0.5) is 8.78 Å². The van der Waals surface area contributed by atoms with E-state index in [9.17, 15) is 8.78 Å². The standard InChI is InChI=1S/C10H9F2N3O2/c11-6-1-5(2-7(12)3-6)9-14-10(17-15-9)8(13)4-16/h1-3,8,16H,4,13H2. The van der Waals surface area contributed by atoms with Gasteiger partial charge in [0.05, 0.1) is 6.61 Å². The van der Waals surface area contributed by atoms with E-state index in [4.69, 9.17) is 15.4 Å². The van der Waals surface area contributed by atoms with E-state index in [-0.39, 0.29) is 23.9 Å². The Balaban J connectivity index is 2.36. The van der Waals surface area contributed by atoms with Gasteiger partial charge in [-0.1, -0.05) is 5.16 Å². The number of rotatable bonds is 3. The summed E-state index contributed by atoms with van der Waals surface area (Å²) in [7, 11) is 0. The van der Waals surface area contributed by atoms with Crippen molar-refractivity contribution in [1.29, 1.82) is 0 Å². The molecular formula is C10H9F2N3O2. The van der Waals surface area contributed by atoms with Gasteiger partial charge in [-0.05, 0) is 12.1 Å². The van der Waals surface area contributed by atoms with Crippen molar-refractivity contribution in [1.82, 2.24) is 10.1 Å². The molecule has 0 fully saturated rings. The molecule has 2 rings (SSSR count). The molecule has 0 spiro atoms. The molecule has 1 heterocycles. The molecule has 0 aliphatic carbocycles. The first-order valence-electron chi connectivity index (χ1n) is 4.76. The van der Waals surface area contributed by atoms with Crippen molar-refractivity contribution in [2.24, 2.45) is 5.73 Å². The number of aromatic nitrogens is 2. The minimum absolute atomic E-state index is 0.00664. The van der Waals surface area contributed by atoms with Gasteiger partial charge in [-0.2, -0.15) is 4.98 Å². The van der Waals surface area contributed by atoms with Gasteiger partial charge in [0.15, 0.2) is 0 Å². The maximum absolute atomic E-state index is 13.0. The summed E-state index contributed by atoms with van der Waals surface area (Å²) in [5.74, 6) is -1.45. The van der Waals surface area contributed by atoms with Gasteiger partial charge in [0.1, 0.15) is 17.7 Å². The topological polar surface area (TPSA) is 85.2 Å². The molecule has 5 nitrogen and oxygen atoms in total. The molecule has 17 heavy (non-hydrogen) atoms. The second-order valence-electron chi connectivity index (χ2n) is 3.40. The third-order valence-electron chi connectivity index (χ3n) is 2.08. The highest BCUT2D eigenvalue weighted by molar-refractivity contribution is 5.54. The molecule has 1 aromatic heterocycles. The summed E-state index contributed by atoms with van der Waals surface area (Å²) in [6.45, 7) is -0.362. The van der Waals surface area contributed by atoms with Crippen molar-refractivity contribution in [2.45, 2.75) is 6.04 Å². The SMILES string of the molecule is NC(CO)c1nc(-c2cc(F)cc(F)c2)no1. The molecule has 1 atom stereocenters. The van der Waals surface area contributed by atoms with Gasteiger partial charge in [0.25, 0.3) is 0 Å². The molecule has 1 unspecified atom stereocenters. The number of hydrogen-bond acceptors (Lipinski definition) is 5. The lowest BCUT2D eigenvalue weighted by atomic mass is 10.2. The predicted octanol–water partition coefficient (Wildman–Crippen LogP) is 1.01. The number of aliphatic hydroxyl groups is 1. The van der Waals surface area contributed by atoms with Crippen molar-refractivity contribution in [2.75, 3.05) is 6.61 Å². The van der Waals surface area contributed by atoms with Crippen LogP contribution in [-0.2, 0) is 0 Å². The minimum atomic E-state index is -0.811. The molecule has 0 radical (unpaired) electrons. The number of halogens is 2. The fraction of sp³-hybridized carbons (Fsp3) is 0.200. The quantitative estimate of drug-likeness (QED) is 0.837. The fourth-order valence-electron chi connectivity index (χ4n) is 1.26. The average Bonchev–Trinajstić information content (AvgIpc) is 2.76. The zero-order valence-corrected chi connectivity index (χ0v) is 8.60. The van der Waals surface area contributed by atoms with E-state index in [0.717, 1.165) is 18.2 Å². The number of benzene rings is 1. The van der Waals surface area contributed by atoms with Crippen LogP contribution in [0.15, 0.2) is 22.7 Å². The van der Waals surface area contributed by atoms with Crippen molar-refractivity contribution in [3.63, 3.8) is 0 Å². The second kappa shape index (κ2) is 4.56. The van der Waals surface area contributed by atoms with Crippen LogP contribution in [0.25, 0.3) is 11.4 Å².